The molecule has 2 atom stereocenters. The van der Waals surface area contributed by atoms with Crippen LogP contribution in [0.4, 0.5) is 5.69 Å². The van der Waals surface area contributed by atoms with Crippen molar-refractivity contribution in [2.45, 2.75) is 31.3 Å². The summed E-state index contributed by atoms with van der Waals surface area (Å²) < 4.78 is 24.8. The summed E-state index contributed by atoms with van der Waals surface area (Å²) in [4.78, 5) is 28.0. The Morgan fingerprint density at radius 1 is 0.947 bits per heavy atom. The molecule has 3 aromatic rings. The molecule has 0 radical (unpaired) electrons. The molecule has 2 aliphatic heterocycles. The first-order valence-electron chi connectivity index (χ1n) is 11.8. The molecule has 2 heterocycles. The maximum absolute atomic E-state index is 13.6. The van der Waals surface area contributed by atoms with Crippen LogP contribution >= 0.6 is 33.6 Å². The Morgan fingerprint density at radius 2 is 1.66 bits per heavy atom. The van der Waals surface area contributed by atoms with Crippen LogP contribution in [-0.2, 0) is 9.59 Å². The van der Waals surface area contributed by atoms with E-state index in [-0.39, 0.29) is 18.2 Å². The summed E-state index contributed by atoms with van der Waals surface area (Å²) in [5.41, 5.74) is 2.04. The fourth-order valence-electron chi connectivity index (χ4n) is 4.29. The van der Waals surface area contributed by atoms with E-state index in [4.69, 9.17) is 9.26 Å². The molecule has 3 aromatic carbocycles. The first kappa shape index (κ1) is 26.7. The minimum absolute atomic E-state index is 0.113. The molecule has 38 heavy (non-hydrogen) atoms. The van der Waals surface area contributed by atoms with Crippen molar-refractivity contribution in [1.29, 1.82) is 0 Å². The second kappa shape index (κ2) is 11.5. The highest BCUT2D eigenvalue weighted by molar-refractivity contribution is 7.63. The Balaban J connectivity index is 1.33. The number of benzene rings is 3. The summed E-state index contributed by atoms with van der Waals surface area (Å²) in [5.74, 6) is 0.911. The second-order valence-electron chi connectivity index (χ2n) is 8.92. The average Bonchev–Trinajstić information content (AvgIpc) is 3.21. The van der Waals surface area contributed by atoms with Crippen molar-refractivity contribution in [1.82, 2.24) is 0 Å². The molecule has 0 N–H and O–H groups in total. The van der Waals surface area contributed by atoms with E-state index in [1.54, 1.807) is 31.3 Å². The van der Waals surface area contributed by atoms with Crippen LogP contribution in [0.1, 0.15) is 20.3 Å². The van der Waals surface area contributed by atoms with Gasteiger partial charge in [0.2, 0.25) is 11.8 Å². The third-order valence-corrected chi connectivity index (χ3v) is 10.2. The van der Waals surface area contributed by atoms with Crippen molar-refractivity contribution in [3.05, 3.63) is 72.8 Å². The van der Waals surface area contributed by atoms with Gasteiger partial charge in [-0.3, -0.25) is 9.59 Å². The summed E-state index contributed by atoms with van der Waals surface area (Å²) >= 11 is 0. The van der Waals surface area contributed by atoms with E-state index in [1.807, 2.05) is 62.4 Å². The molecular formula is C26H24N4O4P4. The predicted molar refractivity (Wildman–Crippen MR) is 155 cm³/mol. The minimum Gasteiger partial charge on any atom is -0.478 e. The molecule has 2 unspecified atom stereocenters. The highest BCUT2D eigenvalue weighted by Crippen LogP contribution is 2.54. The van der Waals surface area contributed by atoms with Crippen LogP contribution in [0, 0.1) is 0 Å². The Kier molecular flexibility index (Phi) is 8.07. The lowest BCUT2D eigenvalue weighted by molar-refractivity contribution is -0.121. The van der Waals surface area contributed by atoms with Gasteiger partial charge in [-0.1, -0.05) is 42.5 Å². The summed E-state index contributed by atoms with van der Waals surface area (Å²) in [7, 11) is 2.33. The molecule has 2 aliphatic rings. The average molecular weight is 580 g/mol. The third kappa shape index (κ3) is 5.60. The van der Waals surface area contributed by atoms with Gasteiger partial charge in [-0.15, -0.1) is 0 Å². The van der Waals surface area contributed by atoms with Gasteiger partial charge in [0.1, 0.15) is 25.3 Å². The van der Waals surface area contributed by atoms with Crippen molar-refractivity contribution in [2.24, 2.45) is 13.8 Å². The molecule has 0 aliphatic carbocycles. The van der Waals surface area contributed by atoms with Crippen molar-refractivity contribution < 1.29 is 18.8 Å². The molecule has 12 heteroatoms. The number of imide groups is 1. The van der Waals surface area contributed by atoms with Crippen molar-refractivity contribution in [3.63, 3.8) is 0 Å². The number of anilines is 1. The molecule has 0 spiro atoms. The summed E-state index contributed by atoms with van der Waals surface area (Å²) in [6.07, 6.45) is 0.113. The van der Waals surface area contributed by atoms with E-state index >= 15 is 0 Å². The molecule has 5 rings (SSSR count). The smallest absolute Gasteiger partial charge is 0.245 e. The fraction of sp³-hybridized carbons (Fsp3) is 0.231. The molecule has 2 amide bonds. The Morgan fingerprint density at radius 3 is 2.42 bits per heavy atom. The molecular weight excluding hydrogens is 556 g/mol. The summed E-state index contributed by atoms with van der Waals surface area (Å²) in [6.45, 7) is 3.87. The Hall–Kier alpha value is -2.87. The number of carbonyl (C=O) groups excluding carboxylic acids is 2. The zero-order valence-electron chi connectivity index (χ0n) is 20.9. The quantitative estimate of drug-likeness (QED) is 0.209. The maximum Gasteiger partial charge on any atom is 0.245 e. The van der Waals surface area contributed by atoms with Crippen LogP contribution in [-0.4, -0.2) is 29.9 Å². The maximum atomic E-state index is 13.6. The zero-order valence-corrected chi connectivity index (χ0v) is 24.5. The zero-order chi connectivity index (χ0) is 26.7. The standard InChI is InChI=1S/C26H24N4O4P4/c1-26(2,35-28-37-29-36-27-3)33-18-14-12-17(13-15-18)30-24(31)16-23(25(30)32)38-22-11-7-5-9-20(22)19-8-4-6-10-21(19)34-38/h4-15,23H,16H2,1-3H3. The van der Waals surface area contributed by atoms with Crippen molar-refractivity contribution >= 4 is 56.4 Å². The summed E-state index contributed by atoms with van der Waals surface area (Å²) in [5, 5.41) is 0.416. The van der Waals surface area contributed by atoms with Crippen LogP contribution < -0.4 is 19.5 Å². The number of para-hydroxylation sites is 1. The van der Waals surface area contributed by atoms with E-state index in [0.717, 1.165) is 30.6 Å². The van der Waals surface area contributed by atoms with Gasteiger partial charge in [0.25, 0.3) is 0 Å². The number of hydrogen-bond donors (Lipinski definition) is 0. The molecule has 0 bridgehead atoms. The number of fused-ring (bicyclic) bond motifs is 3. The van der Waals surface area contributed by atoms with Crippen LogP contribution in [0.3, 0.4) is 0 Å². The Bertz CT molecular complexity index is 1460. The van der Waals surface area contributed by atoms with Crippen molar-refractivity contribution in [3.8, 4) is 22.6 Å². The number of amides is 2. The van der Waals surface area contributed by atoms with Gasteiger partial charge in [0.05, 0.1) is 14.1 Å². The second-order valence-corrected chi connectivity index (χ2v) is 14.3. The third-order valence-electron chi connectivity index (χ3n) is 5.88. The monoisotopic (exact) mass is 580 g/mol. The molecule has 8 nitrogen and oxygen atoms in total. The number of rotatable bonds is 7. The predicted octanol–water partition coefficient (Wildman–Crippen LogP) is 8.06. The van der Waals surface area contributed by atoms with Gasteiger partial charge in [-0.05, 0) is 49.7 Å². The lowest BCUT2D eigenvalue weighted by Gasteiger charge is -2.30. The van der Waals surface area contributed by atoms with Crippen molar-refractivity contribution in [2.75, 3.05) is 11.9 Å². The normalized spacial score (nSPS) is 19.3. The first-order chi connectivity index (χ1) is 18.4. The molecule has 0 aromatic heterocycles. The highest BCUT2D eigenvalue weighted by Gasteiger charge is 2.47. The van der Waals surface area contributed by atoms with E-state index < -0.39 is 19.1 Å². The van der Waals surface area contributed by atoms with E-state index in [2.05, 4.69) is 13.8 Å². The van der Waals surface area contributed by atoms with Gasteiger partial charge < -0.3 is 9.26 Å². The van der Waals surface area contributed by atoms with Gasteiger partial charge in [0.15, 0.2) is 22.4 Å². The lowest BCUT2D eigenvalue weighted by Crippen LogP contribution is -2.33. The Labute approximate surface area is 227 Å². The van der Waals surface area contributed by atoms with Crippen LogP contribution in [0.15, 0.2) is 86.6 Å². The largest absolute Gasteiger partial charge is 0.478 e. The summed E-state index contributed by atoms with van der Waals surface area (Å²) in [6, 6.07) is 22.8. The number of nitrogens with zero attached hydrogens (tertiary/aromatic N) is 4. The van der Waals surface area contributed by atoms with Gasteiger partial charge in [-0.2, -0.15) is 9.03 Å². The van der Waals surface area contributed by atoms with E-state index in [0.29, 0.717) is 28.5 Å². The van der Waals surface area contributed by atoms with Gasteiger partial charge in [-0.25, -0.2) is 9.64 Å². The van der Waals surface area contributed by atoms with Crippen LogP contribution in [0.25, 0.3) is 11.1 Å². The molecule has 192 valence electrons. The highest BCUT2D eigenvalue weighted by atomic mass is 31.1. The number of carbonyl (C=O) groups is 2. The van der Waals surface area contributed by atoms with Gasteiger partial charge in [0, 0.05) is 24.3 Å². The first-order valence-corrected chi connectivity index (χ1v) is 15.6. The molecule has 1 saturated heterocycles. The van der Waals surface area contributed by atoms with E-state index in [9.17, 15) is 9.59 Å². The minimum atomic E-state index is -1.36. The topological polar surface area (TPSA) is 92.9 Å². The number of hydrogen-bond acceptors (Lipinski definition) is 5. The van der Waals surface area contributed by atoms with Crippen LogP contribution in [0.2, 0.25) is 0 Å². The SMILES string of the molecule is CN=PN=PN=PC(C)(C)Oc1ccc(N2C(=O)CC(P3Oc4ccccc4-c4ccccc43)C2=O)cc1. The molecule has 0 saturated carbocycles. The fourth-order valence-corrected chi connectivity index (χ4v) is 8.63. The lowest BCUT2D eigenvalue weighted by atomic mass is 10.0. The van der Waals surface area contributed by atoms with Gasteiger partial charge >= 0.3 is 0 Å². The molecule has 1 fully saturated rings. The van der Waals surface area contributed by atoms with Crippen LogP contribution in [0.5, 0.6) is 11.5 Å². The number of ether oxygens (including phenoxy) is 1. The van der Waals surface area contributed by atoms with E-state index in [1.165, 1.54) is 4.90 Å².